The third-order valence-electron chi connectivity index (χ3n) is 2.09. The Balaban J connectivity index is 2.22. The molecule has 1 heterocycles. The fraction of sp³-hybridized carbons (Fsp3) is 0.200. The monoisotopic (exact) mass is 192 g/mol. The number of benzene rings is 1. The highest BCUT2D eigenvalue weighted by atomic mass is 32.2. The Morgan fingerprint density at radius 2 is 2.00 bits per heavy atom. The number of hydrazine groups is 1. The molecular formula is C10H12N2S. The van der Waals surface area contributed by atoms with Crippen molar-refractivity contribution >= 4 is 17.6 Å². The van der Waals surface area contributed by atoms with Crippen LogP contribution in [-0.4, -0.2) is 0 Å². The topological polar surface area (TPSA) is 24.1 Å². The van der Waals surface area contributed by atoms with Crippen LogP contribution in [-0.2, 0) is 6.42 Å². The lowest BCUT2D eigenvalue weighted by Crippen LogP contribution is -2.17. The van der Waals surface area contributed by atoms with Gasteiger partial charge in [0.25, 0.3) is 0 Å². The molecule has 13 heavy (non-hydrogen) atoms. The molecule has 0 fully saturated rings. The third kappa shape index (κ3) is 1.87. The van der Waals surface area contributed by atoms with E-state index in [0.717, 1.165) is 12.1 Å². The fourth-order valence-electron chi connectivity index (χ4n) is 1.26. The molecule has 2 N–H and O–H groups in total. The van der Waals surface area contributed by atoms with E-state index in [1.54, 1.807) is 11.9 Å². The minimum absolute atomic E-state index is 1.10. The largest absolute Gasteiger partial charge is 0.310 e. The van der Waals surface area contributed by atoms with Gasteiger partial charge in [-0.25, -0.2) is 0 Å². The molecule has 2 nitrogen and oxygen atoms in total. The van der Waals surface area contributed by atoms with Crippen LogP contribution < -0.4 is 10.3 Å². The van der Waals surface area contributed by atoms with Gasteiger partial charge < -0.3 is 5.43 Å². The summed E-state index contributed by atoms with van der Waals surface area (Å²) in [6.07, 6.45) is 1.10. The second kappa shape index (κ2) is 3.85. The van der Waals surface area contributed by atoms with Gasteiger partial charge in [-0.2, -0.15) is 4.83 Å². The lowest BCUT2D eigenvalue weighted by molar-refractivity contribution is 0.916. The van der Waals surface area contributed by atoms with Crippen LogP contribution in [0.5, 0.6) is 0 Å². The van der Waals surface area contributed by atoms with Gasteiger partial charge in [0.1, 0.15) is 0 Å². The molecule has 0 spiro atoms. The van der Waals surface area contributed by atoms with Crippen LogP contribution in [0.3, 0.4) is 0 Å². The average Bonchev–Trinajstić information content (AvgIpc) is 2.71. The predicted molar refractivity (Wildman–Crippen MR) is 57.7 cm³/mol. The van der Waals surface area contributed by atoms with E-state index in [4.69, 9.17) is 0 Å². The summed E-state index contributed by atoms with van der Waals surface area (Å²) in [5, 5.41) is 2.07. The first-order valence-electron chi connectivity index (χ1n) is 4.36. The van der Waals surface area contributed by atoms with E-state index in [2.05, 4.69) is 46.9 Å². The molecule has 0 radical (unpaired) electrons. The summed E-state index contributed by atoms with van der Waals surface area (Å²) in [5.74, 6) is 0. The Kier molecular flexibility index (Phi) is 2.57. The van der Waals surface area contributed by atoms with Gasteiger partial charge in [-0.1, -0.05) is 31.2 Å². The van der Waals surface area contributed by atoms with E-state index >= 15 is 0 Å². The van der Waals surface area contributed by atoms with Crippen LogP contribution in [0, 0.1) is 0 Å². The number of rotatable bonds is 2. The maximum Gasteiger partial charge on any atom is 0.0645 e. The quantitative estimate of drug-likeness (QED) is 0.703. The summed E-state index contributed by atoms with van der Waals surface area (Å²) in [4.78, 5) is 2.97. The zero-order valence-electron chi connectivity index (χ0n) is 7.50. The highest BCUT2D eigenvalue weighted by Gasteiger charge is 2.05. The van der Waals surface area contributed by atoms with Gasteiger partial charge >= 0.3 is 0 Å². The number of hydrogen-bond acceptors (Lipinski definition) is 3. The molecule has 0 aliphatic carbocycles. The van der Waals surface area contributed by atoms with E-state index in [9.17, 15) is 0 Å². The normalized spacial score (nSPS) is 15.3. The predicted octanol–water partition coefficient (Wildman–Crippen LogP) is 2.30. The minimum atomic E-state index is 1.10. The first kappa shape index (κ1) is 8.66. The maximum atomic E-state index is 3.08. The van der Waals surface area contributed by atoms with Gasteiger partial charge in [-0.15, -0.1) is 0 Å². The summed E-state index contributed by atoms with van der Waals surface area (Å²) in [6.45, 7) is 2.17. The van der Waals surface area contributed by atoms with Gasteiger partial charge in [0.05, 0.1) is 5.70 Å². The zero-order valence-corrected chi connectivity index (χ0v) is 8.32. The van der Waals surface area contributed by atoms with Gasteiger partial charge in [0.2, 0.25) is 0 Å². The second-order valence-corrected chi connectivity index (χ2v) is 3.60. The average molecular weight is 192 g/mol. The molecule has 1 aromatic carbocycles. The standard InChI is InChI=1S/C10H12N2S/c1-2-8-3-5-9(6-4-8)10-7-13-12-11-10/h3-7,11-12H,2H2,1H3. The molecule has 0 atom stereocenters. The summed E-state index contributed by atoms with van der Waals surface area (Å²) >= 11 is 1.56. The Bertz CT molecular complexity index is 316. The number of aryl methyl sites for hydroxylation is 1. The van der Waals surface area contributed by atoms with Crippen molar-refractivity contribution in [2.75, 3.05) is 0 Å². The van der Waals surface area contributed by atoms with Crippen molar-refractivity contribution in [2.45, 2.75) is 13.3 Å². The molecule has 0 amide bonds. The van der Waals surface area contributed by atoms with Crippen molar-refractivity contribution in [2.24, 2.45) is 0 Å². The second-order valence-electron chi connectivity index (χ2n) is 2.93. The van der Waals surface area contributed by atoms with E-state index < -0.39 is 0 Å². The minimum Gasteiger partial charge on any atom is -0.310 e. The summed E-state index contributed by atoms with van der Waals surface area (Å²) in [7, 11) is 0. The van der Waals surface area contributed by atoms with E-state index in [1.807, 2.05) is 0 Å². The maximum absolute atomic E-state index is 3.08. The smallest absolute Gasteiger partial charge is 0.0645 e. The SMILES string of the molecule is CCc1ccc(C2=CSNN2)cc1. The lowest BCUT2D eigenvalue weighted by atomic mass is 10.1. The fourth-order valence-corrected chi connectivity index (χ4v) is 1.80. The molecule has 0 unspecified atom stereocenters. The van der Waals surface area contributed by atoms with Crippen LogP contribution in [0.25, 0.3) is 5.70 Å². The first-order valence-corrected chi connectivity index (χ1v) is 5.24. The molecule has 0 saturated carbocycles. The third-order valence-corrected chi connectivity index (χ3v) is 2.67. The van der Waals surface area contributed by atoms with E-state index in [1.165, 1.54) is 11.1 Å². The summed E-state index contributed by atoms with van der Waals surface area (Å²) < 4.78 is 0. The van der Waals surface area contributed by atoms with Crippen LogP contribution in [0.15, 0.2) is 29.7 Å². The van der Waals surface area contributed by atoms with Gasteiger partial charge in [0.15, 0.2) is 0 Å². The first-order chi connectivity index (χ1) is 6.40. The summed E-state index contributed by atoms with van der Waals surface area (Å²) in [5.41, 5.74) is 6.84. The molecule has 68 valence electrons. The number of nitrogens with one attached hydrogen (secondary N) is 2. The molecule has 0 saturated heterocycles. The molecule has 2 rings (SSSR count). The van der Waals surface area contributed by atoms with Crippen molar-refractivity contribution in [3.63, 3.8) is 0 Å². The van der Waals surface area contributed by atoms with E-state index in [-0.39, 0.29) is 0 Å². The molecule has 3 heteroatoms. The van der Waals surface area contributed by atoms with E-state index in [0.29, 0.717) is 0 Å². The van der Waals surface area contributed by atoms with Crippen molar-refractivity contribution in [1.29, 1.82) is 0 Å². The van der Waals surface area contributed by atoms with Crippen LogP contribution in [0.1, 0.15) is 18.1 Å². The zero-order chi connectivity index (χ0) is 9.10. The van der Waals surface area contributed by atoms with Gasteiger partial charge in [-0.05, 0) is 29.5 Å². The molecule has 1 aliphatic heterocycles. The van der Waals surface area contributed by atoms with Crippen molar-refractivity contribution < 1.29 is 0 Å². The highest BCUT2D eigenvalue weighted by Crippen LogP contribution is 2.19. The van der Waals surface area contributed by atoms with Crippen LogP contribution in [0.4, 0.5) is 0 Å². The molecule has 0 bridgehead atoms. The summed E-state index contributed by atoms with van der Waals surface area (Å²) in [6, 6.07) is 8.62. The molecule has 1 aromatic rings. The Labute approximate surface area is 82.5 Å². The number of hydrogen-bond donors (Lipinski definition) is 2. The highest BCUT2D eigenvalue weighted by molar-refractivity contribution is 8.00. The Hall–Kier alpha value is -0.930. The van der Waals surface area contributed by atoms with Crippen LogP contribution in [0.2, 0.25) is 0 Å². The Morgan fingerprint density at radius 3 is 2.54 bits per heavy atom. The van der Waals surface area contributed by atoms with Gasteiger partial charge in [-0.3, -0.25) is 0 Å². The Morgan fingerprint density at radius 1 is 1.23 bits per heavy atom. The van der Waals surface area contributed by atoms with Crippen molar-refractivity contribution in [3.05, 3.63) is 40.8 Å². The van der Waals surface area contributed by atoms with Crippen molar-refractivity contribution in [1.82, 2.24) is 10.3 Å². The van der Waals surface area contributed by atoms with Gasteiger partial charge in [0, 0.05) is 5.41 Å². The lowest BCUT2D eigenvalue weighted by Gasteiger charge is -2.03. The van der Waals surface area contributed by atoms with Crippen LogP contribution >= 0.6 is 11.9 Å². The van der Waals surface area contributed by atoms with Crippen molar-refractivity contribution in [3.8, 4) is 0 Å². The molecule has 1 aliphatic rings. The molecule has 0 aromatic heterocycles. The molecular weight excluding hydrogens is 180 g/mol.